The van der Waals surface area contributed by atoms with E-state index >= 15 is 0 Å². The summed E-state index contributed by atoms with van der Waals surface area (Å²) in [6.07, 6.45) is 0.224. The van der Waals surface area contributed by atoms with Gasteiger partial charge in [0.05, 0.1) is 23.3 Å². The number of hydrogen-bond donors (Lipinski definition) is 2. The number of hydrogen-bond acceptors (Lipinski definition) is 6. The zero-order valence-electron chi connectivity index (χ0n) is 21.0. The molecule has 0 unspecified atom stereocenters. The molecule has 0 aliphatic heterocycles. The number of pyridine rings is 1. The maximum absolute atomic E-state index is 13.6. The fourth-order valence-corrected chi connectivity index (χ4v) is 4.98. The normalized spacial score (nSPS) is 13.4. The summed E-state index contributed by atoms with van der Waals surface area (Å²) in [5, 5.41) is 5.91. The minimum absolute atomic E-state index is 0.00662. The molecule has 6 rings (SSSR count). The molecule has 0 atom stereocenters. The van der Waals surface area contributed by atoms with E-state index in [-0.39, 0.29) is 28.8 Å². The van der Waals surface area contributed by atoms with Crippen LogP contribution in [0.15, 0.2) is 67.1 Å². The highest BCUT2D eigenvalue weighted by Crippen LogP contribution is 2.34. The molecule has 1 aliphatic rings. The number of nitrogens with one attached hydrogen (secondary N) is 2. The van der Waals surface area contributed by atoms with Crippen LogP contribution in [0.1, 0.15) is 34.5 Å². The molecule has 8 nitrogen and oxygen atoms in total. The second-order valence-electron chi connectivity index (χ2n) is 9.52. The Bertz CT molecular complexity index is 1760. The summed E-state index contributed by atoms with van der Waals surface area (Å²) in [5.41, 5.74) is 2.32. The van der Waals surface area contributed by atoms with E-state index in [0.717, 1.165) is 30.5 Å². The van der Waals surface area contributed by atoms with Crippen LogP contribution < -0.4 is 10.6 Å². The highest BCUT2D eigenvalue weighted by Gasteiger charge is 2.32. The van der Waals surface area contributed by atoms with Crippen molar-refractivity contribution >= 4 is 44.3 Å². The quantitative estimate of drug-likeness (QED) is 0.247. The Morgan fingerprint density at radius 3 is 2.45 bits per heavy atom. The van der Waals surface area contributed by atoms with Gasteiger partial charge in [-0.25, -0.2) is 15.0 Å². The smallest absolute Gasteiger partial charge is 0.322 e. The van der Waals surface area contributed by atoms with Crippen molar-refractivity contribution in [1.29, 1.82) is 0 Å². The molecule has 3 heterocycles. The molecule has 202 valence electrons. The molecule has 0 radical (unpaired) electrons. The lowest BCUT2D eigenvalue weighted by atomic mass is 10.1. The van der Waals surface area contributed by atoms with Crippen LogP contribution >= 0.6 is 11.3 Å². The van der Waals surface area contributed by atoms with E-state index in [1.807, 2.05) is 6.07 Å². The molecule has 40 heavy (non-hydrogen) atoms. The molecule has 0 bridgehead atoms. The third kappa shape index (κ3) is 5.43. The summed E-state index contributed by atoms with van der Waals surface area (Å²) < 4.78 is 42.1. The van der Waals surface area contributed by atoms with E-state index in [1.54, 1.807) is 43.5 Å². The first-order valence-electron chi connectivity index (χ1n) is 12.4. The molecule has 2 amide bonds. The molecule has 5 aromatic rings. The number of thiazole rings is 1. The fraction of sp³-hybridized carbons (Fsp3) is 0.179. The van der Waals surface area contributed by atoms with Crippen LogP contribution in [0.4, 0.5) is 24.0 Å². The zero-order chi connectivity index (χ0) is 28.0. The number of alkyl halides is 3. The van der Waals surface area contributed by atoms with E-state index < -0.39 is 17.6 Å². The first-order chi connectivity index (χ1) is 19.1. The maximum atomic E-state index is 13.6. The van der Waals surface area contributed by atoms with Crippen LogP contribution in [-0.2, 0) is 11.0 Å². The van der Waals surface area contributed by atoms with Gasteiger partial charge in [-0.2, -0.15) is 13.2 Å². The van der Waals surface area contributed by atoms with Gasteiger partial charge in [-0.1, -0.05) is 23.5 Å². The fourth-order valence-electron chi connectivity index (χ4n) is 4.14. The van der Waals surface area contributed by atoms with Crippen LogP contribution in [0.25, 0.3) is 27.3 Å². The van der Waals surface area contributed by atoms with E-state index in [2.05, 4.69) is 25.6 Å². The van der Waals surface area contributed by atoms with Crippen LogP contribution in [0, 0.1) is 12.8 Å². The van der Waals surface area contributed by atoms with Crippen LogP contribution in [0.5, 0.6) is 0 Å². The summed E-state index contributed by atoms with van der Waals surface area (Å²) in [6, 6.07) is 13.6. The molecular weight excluding hydrogens is 541 g/mol. The van der Waals surface area contributed by atoms with Gasteiger partial charge in [0.2, 0.25) is 5.91 Å². The Labute approximate surface area is 229 Å². The number of amides is 2. The number of imidazole rings is 1. The summed E-state index contributed by atoms with van der Waals surface area (Å²) in [7, 11) is 0. The minimum Gasteiger partial charge on any atom is -0.322 e. The van der Waals surface area contributed by atoms with Crippen molar-refractivity contribution in [3.8, 4) is 16.9 Å². The number of carbonyl (C=O) groups excluding carboxylic acids is 2. The number of carbonyl (C=O) groups is 2. The Hall–Kier alpha value is -4.58. The van der Waals surface area contributed by atoms with Crippen molar-refractivity contribution in [2.24, 2.45) is 5.92 Å². The number of anilines is 2. The lowest BCUT2D eigenvalue weighted by Crippen LogP contribution is -2.14. The van der Waals surface area contributed by atoms with E-state index in [4.69, 9.17) is 0 Å². The predicted molar refractivity (Wildman–Crippen MR) is 145 cm³/mol. The van der Waals surface area contributed by atoms with Crippen molar-refractivity contribution in [2.75, 3.05) is 10.6 Å². The molecule has 1 fully saturated rings. The highest BCUT2D eigenvalue weighted by atomic mass is 32.1. The number of aromatic nitrogens is 4. The number of rotatable bonds is 6. The number of aryl methyl sites for hydroxylation is 1. The molecule has 1 aliphatic carbocycles. The van der Waals surface area contributed by atoms with Crippen molar-refractivity contribution in [3.63, 3.8) is 0 Å². The summed E-state index contributed by atoms with van der Waals surface area (Å²) in [6.45, 7) is 1.73. The van der Waals surface area contributed by atoms with E-state index in [9.17, 15) is 22.8 Å². The second kappa shape index (κ2) is 9.87. The van der Waals surface area contributed by atoms with Gasteiger partial charge in [-0.3, -0.25) is 9.59 Å². The second-order valence-corrected chi connectivity index (χ2v) is 10.5. The highest BCUT2D eigenvalue weighted by molar-refractivity contribution is 7.22. The molecule has 1 saturated carbocycles. The van der Waals surface area contributed by atoms with Crippen LogP contribution in [-0.4, -0.2) is 31.3 Å². The lowest BCUT2D eigenvalue weighted by Gasteiger charge is -2.14. The van der Waals surface area contributed by atoms with Gasteiger partial charge in [-0.15, -0.1) is 0 Å². The lowest BCUT2D eigenvalue weighted by molar-refractivity contribution is -0.137. The van der Waals surface area contributed by atoms with Crippen molar-refractivity contribution < 1.29 is 22.8 Å². The van der Waals surface area contributed by atoms with Gasteiger partial charge in [0.15, 0.2) is 5.13 Å². The van der Waals surface area contributed by atoms with Crippen LogP contribution in [0.3, 0.4) is 0 Å². The topological polar surface area (TPSA) is 102 Å². The number of halogens is 3. The predicted octanol–water partition coefficient (Wildman–Crippen LogP) is 6.47. The average molecular weight is 563 g/mol. The molecule has 12 heteroatoms. The standard InChI is InChI=1S/C28H21F3N6O2S/c1-15-13-37(14-32-15)21-11-19(28(29,30)31)10-20(12-21)33-24(38)17-4-2-16(3-5-17)22-8-9-23-26(34-22)40-27(35-23)36-25(39)18-6-7-18/h2-5,8-14,18H,6-7H2,1H3,(H,33,38)(H,35,36,39). The zero-order valence-corrected chi connectivity index (χ0v) is 21.8. The average Bonchev–Trinajstić information content (AvgIpc) is 3.57. The number of nitrogens with zero attached hydrogens (tertiary/aromatic N) is 4. The molecule has 2 aromatic carbocycles. The Morgan fingerprint density at radius 1 is 1.00 bits per heavy atom. The molecular formula is C28H21F3N6O2S. The van der Waals surface area contributed by atoms with Gasteiger partial charge in [0.25, 0.3) is 5.91 Å². The van der Waals surface area contributed by atoms with E-state index in [1.165, 1.54) is 28.3 Å². The monoisotopic (exact) mass is 562 g/mol. The summed E-state index contributed by atoms with van der Waals surface area (Å²) in [5.74, 6) is -0.505. The van der Waals surface area contributed by atoms with Crippen LogP contribution in [0.2, 0.25) is 0 Å². The SMILES string of the molecule is Cc1cn(-c2cc(NC(=O)c3ccc(-c4ccc5nc(NC(=O)C6CC6)sc5n4)cc3)cc(C(F)(F)F)c2)cn1. The molecule has 2 N–H and O–H groups in total. The first-order valence-corrected chi connectivity index (χ1v) is 13.2. The van der Waals surface area contributed by atoms with Gasteiger partial charge in [0.1, 0.15) is 10.3 Å². The Balaban J connectivity index is 1.20. The van der Waals surface area contributed by atoms with Gasteiger partial charge in [0, 0.05) is 34.6 Å². The van der Waals surface area contributed by atoms with E-state index in [0.29, 0.717) is 26.9 Å². The molecule has 3 aromatic heterocycles. The third-order valence-corrected chi connectivity index (χ3v) is 7.27. The van der Waals surface area contributed by atoms with Gasteiger partial charge >= 0.3 is 6.18 Å². The third-order valence-electron chi connectivity index (χ3n) is 6.39. The van der Waals surface area contributed by atoms with Gasteiger partial charge in [-0.05, 0) is 62.2 Å². The van der Waals surface area contributed by atoms with Gasteiger partial charge < -0.3 is 15.2 Å². The van der Waals surface area contributed by atoms with Crippen molar-refractivity contribution in [2.45, 2.75) is 25.9 Å². The number of fused-ring (bicyclic) bond motifs is 1. The molecule has 0 saturated heterocycles. The largest absolute Gasteiger partial charge is 0.416 e. The summed E-state index contributed by atoms with van der Waals surface area (Å²) >= 11 is 1.29. The molecule has 0 spiro atoms. The van der Waals surface area contributed by atoms with Crippen molar-refractivity contribution in [1.82, 2.24) is 19.5 Å². The first kappa shape index (κ1) is 25.7. The minimum atomic E-state index is -4.59. The summed E-state index contributed by atoms with van der Waals surface area (Å²) in [4.78, 5) is 38.7. The maximum Gasteiger partial charge on any atom is 0.416 e. The number of benzene rings is 2. The Morgan fingerprint density at radius 2 is 1.77 bits per heavy atom. The Kier molecular flexibility index (Phi) is 6.34. The van der Waals surface area contributed by atoms with Crippen molar-refractivity contribution in [3.05, 3.63) is 83.9 Å².